The topological polar surface area (TPSA) is 90.5 Å². The third-order valence-corrected chi connectivity index (χ3v) is 5.84. The van der Waals surface area contributed by atoms with Gasteiger partial charge in [0.1, 0.15) is 23.7 Å². The number of benzene rings is 2. The molecule has 1 saturated carbocycles. The lowest BCUT2D eigenvalue weighted by atomic mass is 9.78. The average molecular weight is 420 g/mol. The summed E-state index contributed by atoms with van der Waals surface area (Å²) in [6.07, 6.45) is 4.53. The molecular formula is C25H29N3O3. The number of rotatable bonds is 7. The predicted molar refractivity (Wildman–Crippen MR) is 119 cm³/mol. The molecule has 0 radical (unpaired) electrons. The molecule has 1 aliphatic carbocycles. The Morgan fingerprint density at radius 1 is 0.903 bits per heavy atom. The highest BCUT2D eigenvalue weighted by Gasteiger charge is 2.28. The Hall–Kier alpha value is -2.96. The summed E-state index contributed by atoms with van der Waals surface area (Å²) >= 11 is 0. The van der Waals surface area contributed by atoms with Crippen molar-refractivity contribution in [3.05, 3.63) is 77.9 Å². The van der Waals surface area contributed by atoms with Gasteiger partial charge in [-0.1, -0.05) is 38.1 Å². The summed E-state index contributed by atoms with van der Waals surface area (Å²) in [5.74, 6) is 2.50. The molecule has 162 valence electrons. The first-order valence-corrected chi connectivity index (χ1v) is 10.6. The van der Waals surface area contributed by atoms with E-state index in [9.17, 15) is 5.11 Å². The van der Waals surface area contributed by atoms with Crippen molar-refractivity contribution in [2.75, 3.05) is 0 Å². The normalized spacial score (nSPS) is 19.4. The second-order valence-corrected chi connectivity index (χ2v) is 8.70. The van der Waals surface area contributed by atoms with Crippen molar-refractivity contribution in [2.24, 2.45) is 5.73 Å². The lowest BCUT2D eigenvalue weighted by Gasteiger charge is -2.33. The first-order chi connectivity index (χ1) is 14.8. The molecule has 4 rings (SSSR count). The van der Waals surface area contributed by atoms with Gasteiger partial charge in [0, 0.05) is 11.5 Å². The minimum Gasteiger partial charge on any atom is -0.490 e. The number of nitrogens with two attached hydrogens (primary N) is 1. The van der Waals surface area contributed by atoms with E-state index in [0.717, 1.165) is 18.6 Å². The summed E-state index contributed by atoms with van der Waals surface area (Å²) < 4.78 is 11.8. The van der Waals surface area contributed by atoms with Gasteiger partial charge in [-0.05, 0) is 55.2 Å². The lowest BCUT2D eigenvalue weighted by Crippen LogP contribution is -2.43. The highest BCUT2D eigenvalue weighted by molar-refractivity contribution is 5.42. The second-order valence-electron chi connectivity index (χ2n) is 8.70. The van der Waals surface area contributed by atoms with Crippen molar-refractivity contribution in [2.45, 2.75) is 57.3 Å². The van der Waals surface area contributed by atoms with Crippen LogP contribution in [0, 0.1) is 0 Å². The number of hydrogen-bond donors (Lipinski definition) is 2. The molecule has 1 unspecified atom stereocenters. The third-order valence-electron chi connectivity index (χ3n) is 5.84. The van der Waals surface area contributed by atoms with Crippen LogP contribution in [0.4, 0.5) is 0 Å². The molecule has 0 spiro atoms. The SMILES string of the molecule is CC(O)c1ncc(Oc2ccc(C(C)(C)c3ccc(OC4CC(N)C4)cc3)cc2)cn1. The molecule has 31 heavy (non-hydrogen) atoms. The largest absolute Gasteiger partial charge is 0.490 e. The van der Waals surface area contributed by atoms with Crippen molar-refractivity contribution in [3.63, 3.8) is 0 Å². The van der Waals surface area contributed by atoms with Gasteiger partial charge in [-0.3, -0.25) is 0 Å². The van der Waals surface area contributed by atoms with Gasteiger partial charge in [0.25, 0.3) is 0 Å². The summed E-state index contributed by atoms with van der Waals surface area (Å²) in [7, 11) is 0. The zero-order valence-electron chi connectivity index (χ0n) is 18.2. The molecule has 0 saturated heterocycles. The standard InChI is InChI=1S/C25H29N3O3/c1-16(29)24-27-14-23(15-28-24)31-21-10-6-18(7-11-21)25(2,3)17-4-8-20(9-5-17)30-22-12-19(26)13-22/h4-11,14-16,19,22,29H,12-13,26H2,1-3H3. The van der Waals surface area contributed by atoms with Crippen LogP contribution in [0.1, 0.15) is 56.7 Å². The van der Waals surface area contributed by atoms with E-state index in [-0.39, 0.29) is 17.6 Å². The maximum Gasteiger partial charge on any atom is 0.164 e. The summed E-state index contributed by atoms with van der Waals surface area (Å²) in [6.45, 7) is 6.03. The Morgan fingerprint density at radius 2 is 1.42 bits per heavy atom. The average Bonchev–Trinajstić information content (AvgIpc) is 2.74. The maximum absolute atomic E-state index is 9.50. The summed E-state index contributed by atoms with van der Waals surface area (Å²) in [4.78, 5) is 8.21. The Bertz CT molecular complexity index is 994. The zero-order chi connectivity index (χ0) is 22.0. The van der Waals surface area contributed by atoms with Gasteiger partial charge < -0.3 is 20.3 Å². The van der Waals surface area contributed by atoms with Gasteiger partial charge >= 0.3 is 0 Å². The van der Waals surface area contributed by atoms with Crippen LogP contribution in [0.2, 0.25) is 0 Å². The minimum absolute atomic E-state index is 0.169. The highest BCUT2D eigenvalue weighted by Crippen LogP contribution is 2.34. The number of aliphatic hydroxyl groups is 1. The van der Waals surface area contributed by atoms with Crippen LogP contribution in [-0.2, 0) is 5.41 Å². The van der Waals surface area contributed by atoms with Gasteiger partial charge in [-0.2, -0.15) is 0 Å². The number of ether oxygens (including phenoxy) is 2. The van der Waals surface area contributed by atoms with Crippen LogP contribution in [0.15, 0.2) is 60.9 Å². The molecule has 0 amide bonds. The molecule has 6 heteroatoms. The Kier molecular flexibility index (Phi) is 5.94. The molecular weight excluding hydrogens is 390 g/mol. The smallest absolute Gasteiger partial charge is 0.164 e. The van der Waals surface area contributed by atoms with E-state index in [0.29, 0.717) is 17.3 Å². The fraction of sp³-hybridized carbons (Fsp3) is 0.360. The van der Waals surface area contributed by atoms with E-state index in [2.05, 4.69) is 48.1 Å². The van der Waals surface area contributed by atoms with Gasteiger partial charge in [0.2, 0.25) is 0 Å². The van der Waals surface area contributed by atoms with Crippen LogP contribution in [0.25, 0.3) is 0 Å². The van der Waals surface area contributed by atoms with Crippen LogP contribution in [-0.4, -0.2) is 27.2 Å². The van der Waals surface area contributed by atoms with Crippen molar-refractivity contribution in [1.82, 2.24) is 9.97 Å². The fourth-order valence-electron chi connectivity index (χ4n) is 3.68. The van der Waals surface area contributed by atoms with Crippen molar-refractivity contribution >= 4 is 0 Å². The van der Waals surface area contributed by atoms with Crippen molar-refractivity contribution < 1.29 is 14.6 Å². The van der Waals surface area contributed by atoms with E-state index in [1.54, 1.807) is 19.3 Å². The van der Waals surface area contributed by atoms with Gasteiger partial charge in [-0.15, -0.1) is 0 Å². The molecule has 1 aliphatic rings. The second kappa shape index (κ2) is 8.65. The van der Waals surface area contributed by atoms with Gasteiger partial charge in [0.05, 0.1) is 12.4 Å². The monoisotopic (exact) mass is 419 g/mol. The minimum atomic E-state index is -0.701. The van der Waals surface area contributed by atoms with Crippen molar-refractivity contribution in [3.8, 4) is 17.2 Å². The molecule has 1 atom stereocenters. The molecule has 3 N–H and O–H groups in total. The van der Waals surface area contributed by atoms with Gasteiger partial charge in [-0.25, -0.2) is 9.97 Å². The summed E-state index contributed by atoms with van der Waals surface area (Å²) in [6, 6.07) is 16.6. The van der Waals surface area contributed by atoms with E-state index < -0.39 is 6.10 Å². The summed E-state index contributed by atoms with van der Waals surface area (Å²) in [5, 5.41) is 9.50. The lowest BCUT2D eigenvalue weighted by molar-refractivity contribution is 0.101. The van der Waals surface area contributed by atoms with Crippen LogP contribution in [0.3, 0.4) is 0 Å². The quantitative estimate of drug-likeness (QED) is 0.585. The van der Waals surface area contributed by atoms with E-state index in [1.165, 1.54) is 11.1 Å². The van der Waals surface area contributed by atoms with E-state index >= 15 is 0 Å². The number of nitrogens with zero attached hydrogens (tertiary/aromatic N) is 2. The zero-order valence-corrected chi connectivity index (χ0v) is 18.2. The molecule has 0 bridgehead atoms. The number of aromatic nitrogens is 2. The third kappa shape index (κ3) is 4.86. The fourth-order valence-corrected chi connectivity index (χ4v) is 3.68. The number of hydrogen-bond acceptors (Lipinski definition) is 6. The molecule has 0 aliphatic heterocycles. The highest BCUT2D eigenvalue weighted by atomic mass is 16.5. The van der Waals surface area contributed by atoms with Crippen LogP contribution in [0.5, 0.6) is 17.2 Å². The molecule has 6 nitrogen and oxygen atoms in total. The maximum atomic E-state index is 9.50. The Morgan fingerprint density at radius 3 is 1.90 bits per heavy atom. The molecule has 2 aromatic carbocycles. The van der Waals surface area contributed by atoms with Crippen LogP contribution < -0.4 is 15.2 Å². The molecule has 3 aromatic rings. The van der Waals surface area contributed by atoms with Gasteiger partial charge in [0.15, 0.2) is 11.6 Å². The first kappa shape index (κ1) is 21.3. The molecule has 1 aromatic heterocycles. The Labute approximate surface area is 183 Å². The van der Waals surface area contributed by atoms with E-state index in [4.69, 9.17) is 15.2 Å². The molecule has 1 heterocycles. The predicted octanol–water partition coefficient (Wildman–Crippen LogP) is 4.52. The molecule has 1 fully saturated rings. The first-order valence-electron chi connectivity index (χ1n) is 10.6. The van der Waals surface area contributed by atoms with Crippen molar-refractivity contribution in [1.29, 1.82) is 0 Å². The Balaban J connectivity index is 1.42. The summed E-state index contributed by atoms with van der Waals surface area (Å²) in [5.41, 5.74) is 8.05. The van der Waals surface area contributed by atoms with E-state index in [1.807, 2.05) is 24.3 Å². The van der Waals surface area contributed by atoms with Crippen LogP contribution >= 0.6 is 0 Å². The number of aliphatic hydroxyl groups excluding tert-OH is 1.